The van der Waals surface area contributed by atoms with Gasteiger partial charge in [0.2, 0.25) is 0 Å². The monoisotopic (exact) mass is 346 g/mol. The summed E-state index contributed by atoms with van der Waals surface area (Å²) in [6.07, 6.45) is 4.39. The van der Waals surface area contributed by atoms with Crippen LogP contribution < -0.4 is 9.80 Å². The van der Waals surface area contributed by atoms with E-state index < -0.39 is 0 Å². The fraction of sp³-hybridized carbons (Fsp3) is 0.273. The van der Waals surface area contributed by atoms with E-state index in [1.807, 2.05) is 0 Å². The first kappa shape index (κ1) is 15.7. The van der Waals surface area contributed by atoms with Crippen molar-refractivity contribution < 1.29 is 9.80 Å². The summed E-state index contributed by atoms with van der Waals surface area (Å²) in [5.74, 6) is 0. The van der Waals surface area contributed by atoms with Gasteiger partial charge in [-0.1, -0.05) is 36.4 Å². The highest BCUT2D eigenvalue weighted by molar-refractivity contribution is 5.83. The van der Waals surface area contributed by atoms with Gasteiger partial charge in [-0.2, -0.15) is 0 Å². The van der Waals surface area contributed by atoms with Crippen molar-refractivity contribution in [1.29, 1.82) is 0 Å². The molecule has 0 atom stereocenters. The first-order chi connectivity index (χ1) is 12.9. The first-order valence-corrected chi connectivity index (χ1v) is 9.64. The number of nitrogens with one attached hydrogen (secondary N) is 4. The highest BCUT2D eigenvalue weighted by atomic mass is 15.3. The average molecular weight is 346 g/mol. The van der Waals surface area contributed by atoms with E-state index in [1.165, 1.54) is 59.1 Å². The zero-order valence-electron chi connectivity index (χ0n) is 15.0. The largest absolute Gasteiger partial charge is 0.361 e. The van der Waals surface area contributed by atoms with Gasteiger partial charge < -0.3 is 19.8 Å². The number of aromatic amines is 2. The van der Waals surface area contributed by atoms with Gasteiger partial charge in [0.25, 0.3) is 0 Å². The van der Waals surface area contributed by atoms with Gasteiger partial charge in [0, 0.05) is 45.3 Å². The molecular weight excluding hydrogens is 320 g/mol. The molecule has 1 fully saturated rings. The molecule has 0 bridgehead atoms. The molecule has 5 rings (SSSR count). The number of quaternary nitrogens is 2. The molecule has 0 aliphatic carbocycles. The Balaban J connectivity index is 1.22. The third kappa shape index (κ3) is 2.91. The Morgan fingerprint density at radius 1 is 0.615 bits per heavy atom. The van der Waals surface area contributed by atoms with Gasteiger partial charge in [-0.3, -0.25) is 0 Å². The molecule has 132 valence electrons. The van der Waals surface area contributed by atoms with Crippen molar-refractivity contribution in [2.45, 2.75) is 13.1 Å². The minimum atomic E-state index is 1.13. The van der Waals surface area contributed by atoms with Crippen molar-refractivity contribution in [3.8, 4) is 0 Å². The number of rotatable bonds is 4. The number of H-pyrrole nitrogens is 2. The van der Waals surface area contributed by atoms with Crippen LogP contribution in [0.4, 0.5) is 0 Å². The quantitative estimate of drug-likeness (QED) is 0.428. The molecule has 0 saturated carbocycles. The number of aromatic nitrogens is 2. The van der Waals surface area contributed by atoms with Crippen molar-refractivity contribution in [3.63, 3.8) is 0 Å². The van der Waals surface area contributed by atoms with E-state index in [0.717, 1.165) is 13.1 Å². The van der Waals surface area contributed by atoms with Crippen LogP contribution in [0.5, 0.6) is 0 Å². The maximum absolute atomic E-state index is 3.41. The molecule has 1 aliphatic rings. The lowest BCUT2D eigenvalue weighted by molar-refractivity contribution is -1.02. The molecule has 2 aromatic carbocycles. The Labute approximate surface area is 153 Å². The number of hydrogen-bond acceptors (Lipinski definition) is 0. The van der Waals surface area contributed by atoms with Crippen molar-refractivity contribution in [2.24, 2.45) is 0 Å². The fourth-order valence-corrected chi connectivity index (χ4v) is 4.41. The Hall–Kier alpha value is -2.56. The summed E-state index contributed by atoms with van der Waals surface area (Å²) in [4.78, 5) is 10.2. The molecule has 0 amide bonds. The number of benzene rings is 2. The van der Waals surface area contributed by atoms with Crippen LogP contribution in [0, 0.1) is 0 Å². The molecule has 3 heterocycles. The number of fused-ring (bicyclic) bond motifs is 2. The Morgan fingerprint density at radius 3 is 1.50 bits per heavy atom. The maximum Gasteiger partial charge on any atom is 0.127 e. The second-order valence-electron chi connectivity index (χ2n) is 7.57. The van der Waals surface area contributed by atoms with E-state index in [9.17, 15) is 0 Å². The highest BCUT2D eigenvalue weighted by Crippen LogP contribution is 2.17. The van der Waals surface area contributed by atoms with Gasteiger partial charge in [0.15, 0.2) is 0 Å². The molecular formula is C22H26N4+2. The zero-order valence-corrected chi connectivity index (χ0v) is 15.0. The summed E-state index contributed by atoms with van der Waals surface area (Å²) in [5.41, 5.74) is 5.42. The number of para-hydroxylation sites is 2. The van der Waals surface area contributed by atoms with Crippen LogP contribution in [-0.4, -0.2) is 36.1 Å². The van der Waals surface area contributed by atoms with Crippen LogP contribution in [-0.2, 0) is 13.1 Å². The molecule has 2 aromatic heterocycles. The van der Waals surface area contributed by atoms with E-state index in [4.69, 9.17) is 0 Å². The molecule has 26 heavy (non-hydrogen) atoms. The molecule has 0 spiro atoms. The lowest BCUT2D eigenvalue weighted by atomic mass is 10.1. The Morgan fingerprint density at radius 2 is 1.04 bits per heavy atom. The molecule has 4 N–H and O–H groups in total. The summed E-state index contributed by atoms with van der Waals surface area (Å²) in [5, 5.41) is 2.77. The van der Waals surface area contributed by atoms with E-state index >= 15 is 0 Å². The van der Waals surface area contributed by atoms with Crippen LogP contribution >= 0.6 is 0 Å². The lowest BCUT2D eigenvalue weighted by Crippen LogP contribution is -3.27. The van der Waals surface area contributed by atoms with Gasteiger partial charge >= 0.3 is 0 Å². The van der Waals surface area contributed by atoms with E-state index in [2.05, 4.69) is 70.9 Å². The van der Waals surface area contributed by atoms with Crippen molar-refractivity contribution in [1.82, 2.24) is 9.97 Å². The van der Waals surface area contributed by atoms with Crippen LogP contribution in [0.3, 0.4) is 0 Å². The SMILES string of the molecule is c1ccc2c(C[NH+]3CC[NH+](Cc4c[nH]c5ccccc45)CC3)c[nH]c2c1. The summed E-state index contributed by atoms with van der Waals surface area (Å²) in [7, 11) is 0. The van der Waals surface area contributed by atoms with E-state index in [-0.39, 0.29) is 0 Å². The summed E-state index contributed by atoms with van der Waals surface area (Å²) >= 11 is 0. The minimum Gasteiger partial charge on any atom is -0.361 e. The van der Waals surface area contributed by atoms with Gasteiger partial charge in [-0.15, -0.1) is 0 Å². The predicted molar refractivity (Wildman–Crippen MR) is 105 cm³/mol. The molecule has 4 heteroatoms. The topological polar surface area (TPSA) is 40.5 Å². The standard InChI is InChI=1S/C22H24N4/c1-3-7-21-19(5-1)17(13-23-21)15-25-9-11-26(12-10-25)16-18-14-24-22-8-4-2-6-20(18)22/h1-8,13-14,23-24H,9-12,15-16H2/p+2. The van der Waals surface area contributed by atoms with Crippen LogP contribution in [0.1, 0.15) is 11.1 Å². The van der Waals surface area contributed by atoms with Gasteiger partial charge in [-0.05, 0) is 12.1 Å². The smallest absolute Gasteiger partial charge is 0.127 e. The van der Waals surface area contributed by atoms with E-state index in [0.29, 0.717) is 0 Å². The molecule has 1 saturated heterocycles. The second-order valence-corrected chi connectivity index (χ2v) is 7.57. The van der Waals surface area contributed by atoms with Crippen molar-refractivity contribution >= 4 is 21.8 Å². The van der Waals surface area contributed by atoms with Crippen LogP contribution in [0.15, 0.2) is 60.9 Å². The molecule has 4 nitrogen and oxygen atoms in total. The maximum atomic E-state index is 3.41. The summed E-state index contributed by atoms with van der Waals surface area (Å²) in [6.45, 7) is 7.25. The third-order valence-corrected chi connectivity index (χ3v) is 5.89. The number of piperazine rings is 1. The predicted octanol–water partition coefficient (Wildman–Crippen LogP) is 1.13. The van der Waals surface area contributed by atoms with Gasteiger partial charge in [-0.25, -0.2) is 0 Å². The molecule has 4 aromatic rings. The first-order valence-electron chi connectivity index (χ1n) is 9.64. The summed E-state index contributed by atoms with van der Waals surface area (Å²) in [6, 6.07) is 17.3. The lowest BCUT2D eigenvalue weighted by Gasteiger charge is -2.29. The summed E-state index contributed by atoms with van der Waals surface area (Å²) < 4.78 is 0. The molecule has 0 radical (unpaired) electrons. The minimum absolute atomic E-state index is 1.13. The molecule has 1 aliphatic heterocycles. The van der Waals surface area contributed by atoms with Crippen molar-refractivity contribution in [3.05, 3.63) is 72.1 Å². The molecule has 0 unspecified atom stereocenters. The van der Waals surface area contributed by atoms with E-state index in [1.54, 1.807) is 9.80 Å². The Kier molecular flexibility index (Phi) is 4.00. The highest BCUT2D eigenvalue weighted by Gasteiger charge is 2.24. The number of hydrogen-bond donors (Lipinski definition) is 4. The Bertz CT molecular complexity index is 937. The van der Waals surface area contributed by atoms with Crippen LogP contribution in [0.25, 0.3) is 21.8 Å². The van der Waals surface area contributed by atoms with Gasteiger partial charge in [0.05, 0.1) is 0 Å². The fourth-order valence-electron chi connectivity index (χ4n) is 4.41. The second kappa shape index (κ2) is 6.63. The zero-order chi connectivity index (χ0) is 17.3. The normalized spacial score (nSPS) is 20.8. The van der Waals surface area contributed by atoms with Crippen LogP contribution in [0.2, 0.25) is 0 Å². The van der Waals surface area contributed by atoms with Gasteiger partial charge in [0.1, 0.15) is 39.3 Å². The average Bonchev–Trinajstić information content (AvgIpc) is 3.28. The van der Waals surface area contributed by atoms with Crippen molar-refractivity contribution in [2.75, 3.05) is 26.2 Å². The third-order valence-electron chi connectivity index (χ3n) is 5.89.